The third-order valence-electron chi connectivity index (χ3n) is 2.57. The van der Waals surface area contributed by atoms with E-state index >= 15 is 0 Å². The second-order valence-corrected chi connectivity index (χ2v) is 5.80. The van der Waals surface area contributed by atoms with Crippen LogP contribution in [0, 0.1) is 3.57 Å². The van der Waals surface area contributed by atoms with Crippen molar-refractivity contribution in [2.75, 3.05) is 26.8 Å². The van der Waals surface area contributed by atoms with Crippen molar-refractivity contribution in [1.82, 2.24) is 10.6 Å². The molecule has 0 saturated heterocycles. The molecule has 0 heterocycles. The van der Waals surface area contributed by atoms with Crippen LogP contribution in [0.15, 0.2) is 18.2 Å². The number of rotatable bonds is 8. The second kappa shape index (κ2) is 9.09. The summed E-state index contributed by atoms with van der Waals surface area (Å²) in [4.78, 5) is 0. The number of benzene rings is 1. The van der Waals surface area contributed by atoms with E-state index in [2.05, 4.69) is 46.2 Å². The Kier molecular flexibility index (Phi) is 8.17. The first-order chi connectivity index (χ1) is 8.63. The van der Waals surface area contributed by atoms with Crippen molar-refractivity contribution < 1.29 is 4.74 Å². The van der Waals surface area contributed by atoms with Gasteiger partial charge in [0.15, 0.2) is 0 Å². The van der Waals surface area contributed by atoms with Crippen molar-refractivity contribution in [1.29, 1.82) is 0 Å². The van der Waals surface area contributed by atoms with Crippen molar-refractivity contribution in [2.45, 2.75) is 19.5 Å². The lowest BCUT2D eigenvalue weighted by molar-refractivity contribution is 0.198. The van der Waals surface area contributed by atoms with Crippen LogP contribution in [0.2, 0.25) is 5.02 Å². The van der Waals surface area contributed by atoms with Crippen LogP contribution in [0.4, 0.5) is 0 Å². The molecule has 2 N–H and O–H groups in total. The van der Waals surface area contributed by atoms with Gasteiger partial charge >= 0.3 is 0 Å². The topological polar surface area (TPSA) is 33.3 Å². The van der Waals surface area contributed by atoms with E-state index in [0.717, 1.165) is 34.8 Å². The minimum absolute atomic E-state index is 0.417. The third-order valence-corrected chi connectivity index (χ3v) is 4.14. The van der Waals surface area contributed by atoms with Gasteiger partial charge in [0, 0.05) is 36.4 Å². The molecule has 0 bridgehead atoms. The maximum absolute atomic E-state index is 6.09. The summed E-state index contributed by atoms with van der Waals surface area (Å²) in [5.74, 6) is 0. The molecule has 0 aromatic heterocycles. The predicted octanol–water partition coefficient (Wildman–Crippen LogP) is 2.66. The van der Waals surface area contributed by atoms with Crippen LogP contribution in [0.5, 0.6) is 0 Å². The van der Waals surface area contributed by atoms with Gasteiger partial charge in [-0.1, -0.05) is 17.7 Å². The second-order valence-electron chi connectivity index (χ2n) is 4.23. The molecule has 1 aromatic rings. The largest absolute Gasteiger partial charge is 0.383 e. The molecule has 0 saturated carbocycles. The molecule has 0 aliphatic carbocycles. The number of nitrogens with one attached hydrogen (secondary N) is 2. The smallest absolute Gasteiger partial charge is 0.0587 e. The maximum Gasteiger partial charge on any atom is 0.0587 e. The van der Waals surface area contributed by atoms with E-state index in [1.54, 1.807) is 7.11 Å². The van der Waals surface area contributed by atoms with Crippen LogP contribution in [-0.2, 0) is 11.3 Å². The van der Waals surface area contributed by atoms with Gasteiger partial charge in [-0.3, -0.25) is 0 Å². The Morgan fingerprint density at radius 1 is 1.44 bits per heavy atom. The number of hydrogen-bond acceptors (Lipinski definition) is 3. The van der Waals surface area contributed by atoms with Crippen LogP contribution in [0.3, 0.4) is 0 Å². The molecule has 1 rings (SSSR count). The summed E-state index contributed by atoms with van der Waals surface area (Å²) in [6.07, 6.45) is 0. The first-order valence-electron chi connectivity index (χ1n) is 6.00. The van der Waals surface area contributed by atoms with E-state index in [9.17, 15) is 0 Å². The SMILES string of the molecule is COCCNCC(C)NCc1ccc(I)c(Cl)c1. The third kappa shape index (κ3) is 6.33. The van der Waals surface area contributed by atoms with E-state index < -0.39 is 0 Å². The van der Waals surface area contributed by atoms with Gasteiger partial charge in [-0.2, -0.15) is 0 Å². The monoisotopic (exact) mass is 382 g/mol. The fraction of sp³-hybridized carbons (Fsp3) is 0.538. The summed E-state index contributed by atoms with van der Waals surface area (Å²) in [6.45, 7) is 5.57. The molecule has 0 fully saturated rings. The zero-order valence-corrected chi connectivity index (χ0v) is 13.7. The van der Waals surface area contributed by atoms with Gasteiger partial charge < -0.3 is 15.4 Å². The van der Waals surface area contributed by atoms with Crippen LogP contribution >= 0.6 is 34.2 Å². The first kappa shape index (κ1) is 16.2. The summed E-state index contributed by atoms with van der Waals surface area (Å²) in [6, 6.07) is 6.58. The number of methoxy groups -OCH3 is 1. The summed E-state index contributed by atoms with van der Waals surface area (Å²) in [5, 5.41) is 7.61. The Morgan fingerprint density at radius 2 is 2.22 bits per heavy atom. The van der Waals surface area contributed by atoms with Crippen LogP contribution in [-0.4, -0.2) is 32.8 Å². The molecular formula is C13H20ClIN2O. The Labute approximate surface area is 128 Å². The Morgan fingerprint density at radius 3 is 2.89 bits per heavy atom. The average Bonchev–Trinajstić information content (AvgIpc) is 2.36. The number of ether oxygens (including phenoxy) is 1. The summed E-state index contributed by atoms with van der Waals surface area (Å²) < 4.78 is 6.07. The summed E-state index contributed by atoms with van der Waals surface area (Å²) in [7, 11) is 1.71. The molecule has 18 heavy (non-hydrogen) atoms. The molecule has 3 nitrogen and oxygen atoms in total. The molecule has 0 aliphatic rings. The van der Waals surface area contributed by atoms with Gasteiger partial charge in [0.05, 0.1) is 11.6 Å². The quantitative estimate of drug-likeness (QED) is 0.536. The van der Waals surface area contributed by atoms with Crippen LogP contribution in [0.25, 0.3) is 0 Å². The molecule has 5 heteroatoms. The van der Waals surface area contributed by atoms with E-state index in [0.29, 0.717) is 6.04 Å². The zero-order chi connectivity index (χ0) is 13.4. The molecule has 0 aliphatic heterocycles. The average molecular weight is 383 g/mol. The van der Waals surface area contributed by atoms with Crippen LogP contribution in [0.1, 0.15) is 12.5 Å². The lowest BCUT2D eigenvalue weighted by atomic mass is 10.2. The Hall–Kier alpha value is 0.120. The molecule has 0 radical (unpaired) electrons. The zero-order valence-electron chi connectivity index (χ0n) is 10.8. The summed E-state index contributed by atoms with van der Waals surface area (Å²) >= 11 is 8.32. The molecule has 1 unspecified atom stereocenters. The lowest BCUT2D eigenvalue weighted by Gasteiger charge is -2.15. The summed E-state index contributed by atoms with van der Waals surface area (Å²) in [5.41, 5.74) is 1.21. The van der Waals surface area contributed by atoms with Gasteiger partial charge in [0.1, 0.15) is 0 Å². The van der Waals surface area contributed by atoms with Gasteiger partial charge in [0.2, 0.25) is 0 Å². The van der Waals surface area contributed by atoms with E-state index in [1.807, 2.05) is 12.1 Å². The van der Waals surface area contributed by atoms with Crippen molar-refractivity contribution in [3.8, 4) is 0 Å². The fourth-order valence-corrected chi connectivity index (χ4v) is 2.05. The standard InChI is InChI=1S/C13H20ClIN2O/c1-10(8-16-5-6-18-2)17-9-11-3-4-13(15)12(14)7-11/h3-4,7,10,16-17H,5-6,8-9H2,1-2H3. The normalized spacial score (nSPS) is 12.7. The van der Waals surface area contributed by atoms with Crippen molar-refractivity contribution in [2.24, 2.45) is 0 Å². The van der Waals surface area contributed by atoms with E-state index in [1.165, 1.54) is 5.56 Å². The lowest BCUT2D eigenvalue weighted by Crippen LogP contribution is -2.37. The van der Waals surface area contributed by atoms with Gasteiger partial charge in [0.25, 0.3) is 0 Å². The highest BCUT2D eigenvalue weighted by molar-refractivity contribution is 14.1. The van der Waals surface area contributed by atoms with Crippen LogP contribution < -0.4 is 10.6 Å². The highest BCUT2D eigenvalue weighted by Crippen LogP contribution is 2.19. The van der Waals surface area contributed by atoms with Gasteiger partial charge in [-0.15, -0.1) is 0 Å². The van der Waals surface area contributed by atoms with Crippen molar-refractivity contribution in [3.05, 3.63) is 32.4 Å². The first-order valence-corrected chi connectivity index (χ1v) is 7.46. The van der Waals surface area contributed by atoms with Gasteiger partial charge in [-0.05, 0) is 47.2 Å². The fourth-order valence-electron chi connectivity index (χ4n) is 1.51. The predicted molar refractivity (Wildman–Crippen MR) is 85.2 cm³/mol. The van der Waals surface area contributed by atoms with E-state index in [4.69, 9.17) is 16.3 Å². The number of hydrogen-bond donors (Lipinski definition) is 2. The highest BCUT2D eigenvalue weighted by Gasteiger charge is 2.02. The maximum atomic E-state index is 6.09. The van der Waals surface area contributed by atoms with Crippen molar-refractivity contribution >= 4 is 34.2 Å². The van der Waals surface area contributed by atoms with Crippen molar-refractivity contribution in [3.63, 3.8) is 0 Å². The molecule has 102 valence electrons. The molecule has 0 spiro atoms. The molecule has 1 aromatic carbocycles. The minimum Gasteiger partial charge on any atom is -0.383 e. The molecule has 0 amide bonds. The molecule has 1 atom stereocenters. The van der Waals surface area contributed by atoms with E-state index in [-0.39, 0.29) is 0 Å². The minimum atomic E-state index is 0.417. The number of halogens is 2. The Bertz CT molecular complexity index is 363. The van der Waals surface area contributed by atoms with Gasteiger partial charge in [-0.25, -0.2) is 0 Å². The molecular weight excluding hydrogens is 363 g/mol. The Balaban J connectivity index is 2.24. The highest BCUT2D eigenvalue weighted by atomic mass is 127.